The number of carbonyl (C=O) groups is 2. The molecule has 30 heavy (non-hydrogen) atoms. The number of pyridine rings is 1. The van der Waals surface area contributed by atoms with Crippen LogP contribution in [0.3, 0.4) is 0 Å². The molecule has 2 heterocycles. The number of halogens is 1. The van der Waals surface area contributed by atoms with Gasteiger partial charge in [0.05, 0.1) is 11.6 Å². The van der Waals surface area contributed by atoms with E-state index < -0.39 is 17.7 Å². The van der Waals surface area contributed by atoms with Crippen LogP contribution in [0.4, 0.5) is 0 Å². The molecule has 1 atom stereocenters. The van der Waals surface area contributed by atoms with Crippen LogP contribution in [0.5, 0.6) is 0 Å². The molecule has 3 aromatic rings. The third-order valence-corrected chi connectivity index (χ3v) is 5.60. The van der Waals surface area contributed by atoms with E-state index in [4.69, 9.17) is 0 Å². The van der Waals surface area contributed by atoms with E-state index in [2.05, 4.69) is 20.9 Å². The number of Topliss-reactive ketones (excluding diaryl/α,β-unsaturated/α-hetero) is 1. The zero-order chi connectivity index (χ0) is 21.3. The maximum atomic E-state index is 13.0. The summed E-state index contributed by atoms with van der Waals surface area (Å²) in [6.45, 7) is 2.15. The molecule has 0 saturated carbocycles. The van der Waals surface area contributed by atoms with Crippen molar-refractivity contribution in [2.24, 2.45) is 0 Å². The molecule has 1 saturated heterocycles. The molecule has 1 amide bonds. The molecule has 5 nitrogen and oxygen atoms in total. The van der Waals surface area contributed by atoms with E-state index in [1.165, 1.54) is 4.90 Å². The number of likely N-dealkylation sites (tertiary alicyclic amines) is 1. The van der Waals surface area contributed by atoms with E-state index in [9.17, 15) is 14.7 Å². The Balaban J connectivity index is 1.87. The monoisotopic (exact) mass is 462 g/mol. The van der Waals surface area contributed by atoms with Gasteiger partial charge in [0.1, 0.15) is 5.76 Å². The summed E-state index contributed by atoms with van der Waals surface area (Å²) in [4.78, 5) is 31.6. The average Bonchev–Trinajstić information content (AvgIpc) is 2.99. The first-order valence-electron chi connectivity index (χ1n) is 9.45. The number of aromatic nitrogens is 1. The molecule has 0 radical (unpaired) electrons. The Morgan fingerprint density at radius 2 is 1.87 bits per heavy atom. The molecule has 6 heteroatoms. The van der Waals surface area contributed by atoms with Gasteiger partial charge in [-0.3, -0.25) is 14.6 Å². The zero-order valence-electron chi connectivity index (χ0n) is 16.2. The molecule has 0 spiro atoms. The smallest absolute Gasteiger partial charge is 0.295 e. The lowest BCUT2D eigenvalue weighted by Gasteiger charge is -2.25. The lowest BCUT2D eigenvalue weighted by molar-refractivity contribution is -0.140. The van der Waals surface area contributed by atoms with Gasteiger partial charge in [-0.1, -0.05) is 64.0 Å². The van der Waals surface area contributed by atoms with Crippen molar-refractivity contribution in [2.75, 3.05) is 0 Å². The first kappa shape index (κ1) is 20.0. The van der Waals surface area contributed by atoms with Crippen LogP contribution in [0.2, 0.25) is 0 Å². The van der Waals surface area contributed by atoms with Crippen molar-refractivity contribution in [1.82, 2.24) is 9.88 Å². The number of nitrogens with zero attached hydrogens (tertiary/aromatic N) is 2. The predicted octanol–water partition coefficient (Wildman–Crippen LogP) is 4.77. The largest absolute Gasteiger partial charge is 0.507 e. The standard InChI is InChI=1S/C24H19BrN2O3/c1-15-7-9-17(10-8-15)22(28)20-21(18-5-2-6-19(25)12-18)27(24(30)23(20)29)14-16-4-3-11-26-13-16/h2-13,21,28H,14H2,1H3. The van der Waals surface area contributed by atoms with Crippen LogP contribution < -0.4 is 0 Å². The first-order valence-corrected chi connectivity index (χ1v) is 10.2. The van der Waals surface area contributed by atoms with Crippen LogP contribution >= 0.6 is 15.9 Å². The van der Waals surface area contributed by atoms with E-state index >= 15 is 0 Å². The van der Waals surface area contributed by atoms with E-state index in [-0.39, 0.29) is 17.9 Å². The number of aliphatic hydroxyl groups is 1. The Hall–Kier alpha value is -3.25. The minimum atomic E-state index is -0.705. The molecule has 0 bridgehead atoms. The summed E-state index contributed by atoms with van der Waals surface area (Å²) < 4.78 is 0.822. The Morgan fingerprint density at radius 1 is 1.10 bits per heavy atom. The summed E-state index contributed by atoms with van der Waals surface area (Å²) in [6.07, 6.45) is 3.32. The van der Waals surface area contributed by atoms with E-state index in [0.717, 1.165) is 21.2 Å². The molecular formula is C24H19BrN2O3. The molecular weight excluding hydrogens is 444 g/mol. The van der Waals surface area contributed by atoms with Gasteiger partial charge in [-0.2, -0.15) is 0 Å². The van der Waals surface area contributed by atoms with Gasteiger partial charge in [-0.15, -0.1) is 0 Å². The number of hydrogen-bond donors (Lipinski definition) is 1. The average molecular weight is 463 g/mol. The lowest BCUT2D eigenvalue weighted by Crippen LogP contribution is -2.29. The highest BCUT2D eigenvalue weighted by Crippen LogP contribution is 2.40. The number of amides is 1. The summed E-state index contributed by atoms with van der Waals surface area (Å²) in [6, 6.07) is 17.6. The molecule has 1 aliphatic rings. The molecule has 1 fully saturated rings. The minimum Gasteiger partial charge on any atom is -0.507 e. The van der Waals surface area contributed by atoms with Crippen LogP contribution in [0.15, 0.2) is 83.1 Å². The van der Waals surface area contributed by atoms with Crippen LogP contribution in [-0.2, 0) is 16.1 Å². The molecule has 2 aromatic carbocycles. The van der Waals surface area contributed by atoms with Crippen LogP contribution in [0.25, 0.3) is 5.76 Å². The van der Waals surface area contributed by atoms with Crippen molar-refractivity contribution in [1.29, 1.82) is 0 Å². The number of rotatable bonds is 4. The first-order chi connectivity index (χ1) is 14.5. The van der Waals surface area contributed by atoms with Gasteiger partial charge in [-0.05, 0) is 36.2 Å². The molecule has 1 aliphatic heterocycles. The fraction of sp³-hybridized carbons (Fsp3) is 0.125. The maximum Gasteiger partial charge on any atom is 0.295 e. The summed E-state index contributed by atoms with van der Waals surface area (Å²) in [5, 5.41) is 11.0. The molecule has 1 N–H and O–H groups in total. The zero-order valence-corrected chi connectivity index (χ0v) is 17.8. The Morgan fingerprint density at radius 3 is 2.53 bits per heavy atom. The van der Waals surface area contributed by atoms with Crippen molar-refractivity contribution in [3.63, 3.8) is 0 Å². The summed E-state index contributed by atoms with van der Waals surface area (Å²) in [5.74, 6) is -1.51. The number of aliphatic hydroxyl groups excluding tert-OH is 1. The molecule has 1 aromatic heterocycles. The maximum absolute atomic E-state index is 13.0. The Bertz CT molecular complexity index is 1140. The van der Waals surface area contributed by atoms with Gasteiger partial charge in [0.15, 0.2) is 0 Å². The van der Waals surface area contributed by atoms with E-state index in [0.29, 0.717) is 5.56 Å². The summed E-state index contributed by atoms with van der Waals surface area (Å²) >= 11 is 3.46. The van der Waals surface area contributed by atoms with E-state index in [1.807, 2.05) is 49.4 Å². The minimum absolute atomic E-state index is 0.0887. The number of ketones is 1. The van der Waals surface area contributed by atoms with Crippen molar-refractivity contribution in [3.8, 4) is 0 Å². The van der Waals surface area contributed by atoms with Crippen LogP contribution in [0, 0.1) is 6.92 Å². The van der Waals surface area contributed by atoms with Crippen molar-refractivity contribution >= 4 is 33.4 Å². The number of hydrogen-bond acceptors (Lipinski definition) is 4. The molecule has 1 unspecified atom stereocenters. The second-order valence-electron chi connectivity index (χ2n) is 7.21. The van der Waals surface area contributed by atoms with Crippen molar-refractivity contribution < 1.29 is 14.7 Å². The summed E-state index contributed by atoms with van der Waals surface area (Å²) in [7, 11) is 0. The van der Waals surface area contributed by atoms with Gasteiger partial charge < -0.3 is 10.0 Å². The van der Waals surface area contributed by atoms with Gasteiger partial charge in [0.2, 0.25) is 0 Å². The second kappa shape index (κ2) is 8.24. The highest BCUT2D eigenvalue weighted by atomic mass is 79.9. The Labute approximate surface area is 182 Å². The number of benzene rings is 2. The molecule has 4 rings (SSSR count). The fourth-order valence-corrected chi connectivity index (χ4v) is 4.04. The topological polar surface area (TPSA) is 70.5 Å². The van der Waals surface area contributed by atoms with Crippen molar-refractivity contribution in [3.05, 3.63) is 105 Å². The van der Waals surface area contributed by atoms with Gasteiger partial charge in [0.25, 0.3) is 11.7 Å². The highest BCUT2D eigenvalue weighted by molar-refractivity contribution is 9.10. The SMILES string of the molecule is Cc1ccc(C(O)=C2C(=O)C(=O)N(Cc3cccnc3)C2c2cccc(Br)c2)cc1. The number of aryl methyl sites for hydroxylation is 1. The fourth-order valence-electron chi connectivity index (χ4n) is 3.62. The highest BCUT2D eigenvalue weighted by Gasteiger charge is 2.46. The van der Waals surface area contributed by atoms with Gasteiger partial charge in [-0.25, -0.2) is 0 Å². The van der Waals surface area contributed by atoms with Crippen LogP contribution in [0.1, 0.15) is 28.3 Å². The number of carbonyl (C=O) groups excluding carboxylic acids is 2. The third kappa shape index (κ3) is 3.78. The predicted molar refractivity (Wildman–Crippen MR) is 117 cm³/mol. The van der Waals surface area contributed by atoms with E-state index in [1.54, 1.807) is 30.6 Å². The second-order valence-corrected chi connectivity index (χ2v) is 8.12. The van der Waals surface area contributed by atoms with Crippen LogP contribution in [-0.4, -0.2) is 26.7 Å². The lowest BCUT2D eigenvalue weighted by atomic mass is 9.95. The van der Waals surface area contributed by atoms with Crippen molar-refractivity contribution in [2.45, 2.75) is 19.5 Å². The van der Waals surface area contributed by atoms with Gasteiger partial charge >= 0.3 is 0 Å². The van der Waals surface area contributed by atoms with Gasteiger partial charge in [0, 0.05) is 29.0 Å². The molecule has 150 valence electrons. The normalized spacial score (nSPS) is 18.1. The summed E-state index contributed by atoms with van der Waals surface area (Å²) in [5.41, 5.74) is 3.16. The molecule has 0 aliphatic carbocycles. The Kier molecular flexibility index (Phi) is 5.50. The quantitative estimate of drug-likeness (QED) is 0.344. The third-order valence-electron chi connectivity index (χ3n) is 5.11.